The summed E-state index contributed by atoms with van der Waals surface area (Å²) in [6.07, 6.45) is -0.229. The quantitative estimate of drug-likeness (QED) is 0.192. The summed E-state index contributed by atoms with van der Waals surface area (Å²) < 4.78 is 10.1. The first-order valence-electron chi connectivity index (χ1n) is 9.54. The Balaban J connectivity index is 2.53. The summed E-state index contributed by atoms with van der Waals surface area (Å²) in [5.74, 6) is -4.41. The van der Waals surface area contributed by atoms with Crippen LogP contribution in [0.5, 0.6) is 0 Å². The maximum Gasteiger partial charge on any atom is 0.320 e. The third-order valence-electron chi connectivity index (χ3n) is 4.49. The van der Waals surface area contributed by atoms with Gasteiger partial charge in [0, 0.05) is 30.0 Å². The lowest BCUT2D eigenvalue weighted by molar-refractivity contribution is -0.384. The number of ether oxygens (including phenoxy) is 2. The number of hydrogen-bond donors (Lipinski definition) is 0. The average Bonchev–Trinajstić information content (AvgIpc) is 2.74. The molecule has 0 amide bonds. The van der Waals surface area contributed by atoms with Gasteiger partial charge in [0.25, 0.3) is 5.69 Å². The molecule has 8 heteroatoms. The van der Waals surface area contributed by atoms with E-state index in [4.69, 9.17) is 9.47 Å². The van der Waals surface area contributed by atoms with E-state index in [1.165, 1.54) is 18.2 Å². The highest BCUT2D eigenvalue weighted by Gasteiger charge is 2.40. The normalized spacial score (nSPS) is 11.6. The van der Waals surface area contributed by atoms with Crippen molar-refractivity contribution < 1.29 is 28.8 Å². The van der Waals surface area contributed by atoms with E-state index in [0.717, 1.165) is 0 Å². The molecule has 0 unspecified atom stereocenters. The summed E-state index contributed by atoms with van der Waals surface area (Å²) >= 11 is 0. The van der Waals surface area contributed by atoms with Gasteiger partial charge in [-0.2, -0.15) is 0 Å². The van der Waals surface area contributed by atoms with E-state index in [9.17, 15) is 24.5 Å². The topological polar surface area (TPSA) is 113 Å². The van der Waals surface area contributed by atoms with Gasteiger partial charge in [-0.15, -0.1) is 0 Å². The Bertz CT molecular complexity index is 893. The molecule has 0 aromatic heterocycles. The minimum Gasteiger partial charge on any atom is -0.465 e. The van der Waals surface area contributed by atoms with E-state index in [1.54, 1.807) is 50.2 Å². The number of nitro groups is 1. The molecule has 2 aromatic rings. The van der Waals surface area contributed by atoms with Crippen LogP contribution in [0.4, 0.5) is 5.69 Å². The molecule has 0 N–H and O–H groups in total. The van der Waals surface area contributed by atoms with Crippen LogP contribution in [0, 0.1) is 16.0 Å². The molecule has 0 aliphatic rings. The van der Waals surface area contributed by atoms with Crippen LogP contribution in [0.25, 0.3) is 0 Å². The lowest BCUT2D eigenvalue weighted by atomic mass is 9.81. The van der Waals surface area contributed by atoms with Crippen molar-refractivity contribution in [1.82, 2.24) is 0 Å². The molecular weight excluding hydrogens is 390 g/mol. The summed E-state index contributed by atoms with van der Waals surface area (Å²) in [5.41, 5.74) is 0.495. The third kappa shape index (κ3) is 5.73. The summed E-state index contributed by atoms with van der Waals surface area (Å²) in [6, 6.07) is 13.9. The minimum absolute atomic E-state index is 0.0308. The van der Waals surface area contributed by atoms with Crippen molar-refractivity contribution in [1.29, 1.82) is 0 Å². The van der Waals surface area contributed by atoms with E-state index < -0.39 is 28.7 Å². The van der Waals surface area contributed by atoms with Crippen LogP contribution in [0.1, 0.15) is 42.1 Å². The third-order valence-corrected chi connectivity index (χ3v) is 4.49. The van der Waals surface area contributed by atoms with Gasteiger partial charge >= 0.3 is 11.9 Å². The number of carbonyl (C=O) groups is 3. The van der Waals surface area contributed by atoms with Gasteiger partial charge in [-0.3, -0.25) is 24.5 Å². The smallest absolute Gasteiger partial charge is 0.320 e. The Hall–Kier alpha value is -3.55. The van der Waals surface area contributed by atoms with Crippen LogP contribution in [0.3, 0.4) is 0 Å². The summed E-state index contributed by atoms with van der Waals surface area (Å²) in [5, 5.41) is 11.2. The molecule has 0 radical (unpaired) electrons. The van der Waals surface area contributed by atoms with Gasteiger partial charge in [-0.05, 0) is 19.4 Å². The second-order valence-electron chi connectivity index (χ2n) is 6.43. The molecule has 0 aliphatic heterocycles. The predicted molar refractivity (Wildman–Crippen MR) is 108 cm³/mol. The number of esters is 2. The zero-order valence-electron chi connectivity index (χ0n) is 16.8. The second kappa shape index (κ2) is 10.8. The molecule has 0 saturated carbocycles. The van der Waals surface area contributed by atoms with Crippen molar-refractivity contribution in [2.24, 2.45) is 5.92 Å². The molecule has 0 heterocycles. The van der Waals surface area contributed by atoms with Crippen molar-refractivity contribution in [2.45, 2.75) is 26.2 Å². The van der Waals surface area contributed by atoms with Crippen LogP contribution in [-0.4, -0.2) is 35.9 Å². The summed E-state index contributed by atoms with van der Waals surface area (Å²) in [4.78, 5) is 48.8. The molecule has 0 spiro atoms. The largest absolute Gasteiger partial charge is 0.465 e. The highest BCUT2D eigenvalue weighted by atomic mass is 16.6. The van der Waals surface area contributed by atoms with Crippen molar-refractivity contribution in [3.63, 3.8) is 0 Å². The van der Waals surface area contributed by atoms with Crippen LogP contribution in [0.2, 0.25) is 0 Å². The SMILES string of the molecule is CCOC(=O)C(C(=O)OCC)[C@@H](CC(=O)c1ccccc1)c1cccc([N+](=O)[O-])c1. The number of benzene rings is 2. The first-order chi connectivity index (χ1) is 14.4. The van der Waals surface area contributed by atoms with Gasteiger partial charge in [0.2, 0.25) is 0 Å². The molecule has 30 heavy (non-hydrogen) atoms. The first kappa shape index (κ1) is 22.7. The molecular formula is C22H23NO7. The molecule has 0 fully saturated rings. The Morgan fingerprint density at radius 1 is 0.933 bits per heavy atom. The molecule has 8 nitrogen and oxygen atoms in total. The fraction of sp³-hybridized carbons (Fsp3) is 0.318. The van der Waals surface area contributed by atoms with Gasteiger partial charge in [0.05, 0.1) is 18.1 Å². The number of hydrogen-bond acceptors (Lipinski definition) is 7. The van der Waals surface area contributed by atoms with Gasteiger partial charge in [-0.1, -0.05) is 42.5 Å². The predicted octanol–water partition coefficient (Wildman–Crippen LogP) is 3.69. The molecule has 158 valence electrons. The standard InChI is InChI=1S/C22H23NO7/c1-3-29-21(25)20(22(26)30-4-2)18(14-19(24)15-9-6-5-7-10-15)16-11-8-12-17(13-16)23(27)28/h5-13,18,20H,3-4,14H2,1-2H3/t18-/m0/s1. The fourth-order valence-corrected chi connectivity index (χ4v) is 3.13. The summed E-state index contributed by atoms with van der Waals surface area (Å²) in [6.45, 7) is 3.25. The molecule has 0 aliphatic carbocycles. The van der Waals surface area contributed by atoms with E-state index in [1.807, 2.05) is 0 Å². The first-order valence-corrected chi connectivity index (χ1v) is 9.54. The maximum atomic E-state index is 12.9. The van der Waals surface area contributed by atoms with Gasteiger partial charge < -0.3 is 9.47 Å². The second-order valence-corrected chi connectivity index (χ2v) is 6.43. The number of rotatable bonds is 10. The number of non-ortho nitro benzene ring substituents is 1. The molecule has 0 saturated heterocycles. The van der Waals surface area contributed by atoms with Crippen LogP contribution < -0.4 is 0 Å². The number of ketones is 1. The van der Waals surface area contributed by atoms with E-state index in [2.05, 4.69) is 0 Å². The minimum atomic E-state index is -1.43. The Labute approximate surface area is 174 Å². The van der Waals surface area contributed by atoms with Crippen molar-refractivity contribution in [3.05, 3.63) is 75.8 Å². The summed E-state index contributed by atoms with van der Waals surface area (Å²) in [7, 11) is 0. The lowest BCUT2D eigenvalue weighted by Crippen LogP contribution is -2.34. The molecule has 1 atom stereocenters. The number of nitro benzene ring substituents is 1. The molecule has 0 bridgehead atoms. The fourth-order valence-electron chi connectivity index (χ4n) is 3.13. The van der Waals surface area contributed by atoms with Crippen molar-refractivity contribution in [2.75, 3.05) is 13.2 Å². The maximum absolute atomic E-state index is 12.9. The molecule has 2 aromatic carbocycles. The monoisotopic (exact) mass is 413 g/mol. The highest BCUT2D eigenvalue weighted by Crippen LogP contribution is 2.33. The van der Waals surface area contributed by atoms with Crippen LogP contribution in [-0.2, 0) is 19.1 Å². The van der Waals surface area contributed by atoms with E-state index in [0.29, 0.717) is 11.1 Å². The van der Waals surface area contributed by atoms with Crippen molar-refractivity contribution in [3.8, 4) is 0 Å². The lowest BCUT2D eigenvalue weighted by Gasteiger charge is -2.24. The van der Waals surface area contributed by atoms with Crippen LogP contribution in [0.15, 0.2) is 54.6 Å². The Morgan fingerprint density at radius 2 is 1.53 bits per heavy atom. The Kier molecular flexibility index (Phi) is 8.22. The Morgan fingerprint density at radius 3 is 2.07 bits per heavy atom. The van der Waals surface area contributed by atoms with Gasteiger partial charge in [-0.25, -0.2) is 0 Å². The number of Topliss-reactive ketones (excluding diaryl/α,β-unsaturated/α-hetero) is 1. The number of nitrogens with zero attached hydrogens (tertiary/aromatic N) is 1. The van der Waals surface area contributed by atoms with Crippen LogP contribution >= 0.6 is 0 Å². The van der Waals surface area contributed by atoms with Gasteiger partial charge in [0.1, 0.15) is 0 Å². The van der Waals surface area contributed by atoms with Crippen molar-refractivity contribution >= 4 is 23.4 Å². The highest BCUT2D eigenvalue weighted by molar-refractivity contribution is 6.00. The van der Waals surface area contributed by atoms with Gasteiger partial charge in [0.15, 0.2) is 11.7 Å². The van der Waals surface area contributed by atoms with E-state index in [-0.39, 0.29) is 31.1 Å². The number of carbonyl (C=O) groups excluding carboxylic acids is 3. The average molecular weight is 413 g/mol. The zero-order valence-corrected chi connectivity index (χ0v) is 16.8. The zero-order chi connectivity index (χ0) is 22.1. The van der Waals surface area contributed by atoms with E-state index >= 15 is 0 Å². The molecule has 2 rings (SSSR count).